The average molecular weight is 234 g/mol. The van der Waals surface area contributed by atoms with E-state index in [4.69, 9.17) is 10.5 Å². The number of carbonyl (C=O) groups excluding carboxylic acids is 1. The quantitative estimate of drug-likeness (QED) is 0.634. The van der Waals surface area contributed by atoms with Gasteiger partial charge in [0.1, 0.15) is 23.2 Å². The summed E-state index contributed by atoms with van der Waals surface area (Å²) in [6, 6.07) is 8.98. The smallest absolute Gasteiger partial charge is 0.213 e. The summed E-state index contributed by atoms with van der Waals surface area (Å²) in [4.78, 5) is 17.6. The molecular weight excluding hydrogens is 228 g/mol. The predicted molar refractivity (Wildman–Crippen MR) is 63.1 cm³/mol. The summed E-state index contributed by atoms with van der Waals surface area (Å²) in [5.74, 6) is -0.206. The summed E-state index contributed by atoms with van der Waals surface area (Å²) in [6.07, 6.45) is 1.93. The van der Waals surface area contributed by atoms with Crippen LogP contribution in [-0.2, 0) is 0 Å². The molecule has 0 amide bonds. The minimum Gasteiger partial charge on any atom is -0.287 e. The Balaban J connectivity index is 2.28. The van der Waals surface area contributed by atoms with Gasteiger partial charge in [-0.25, -0.2) is 4.99 Å². The lowest BCUT2D eigenvalue weighted by Gasteiger charge is -2.19. The molecule has 1 heterocycles. The SMILES string of the molecule is N#CC1=NC2=C(C(=O)c3ccccc32)N(C#N)C1. The van der Waals surface area contributed by atoms with Crippen LogP contribution in [0.3, 0.4) is 0 Å². The number of allylic oxidation sites excluding steroid dienone is 1. The van der Waals surface area contributed by atoms with Crippen molar-refractivity contribution in [2.45, 2.75) is 0 Å². The van der Waals surface area contributed by atoms with Crippen LogP contribution in [0.2, 0.25) is 0 Å². The summed E-state index contributed by atoms with van der Waals surface area (Å²) in [7, 11) is 0. The maximum Gasteiger partial charge on any atom is 0.213 e. The fourth-order valence-electron chi connectivity index (χ4n) is 2.16. The average Bonchev–Trinajstić information content (AvgIpc) is 2.72. The van der Waals surface area contributed by atoms with Gasteiger partial charge < -0.3 is 0 Å². The van der Waals surface area contributed by atoms with Crippen molar-refractivity contribution in [3.63, 3.8) is 0 Å². The van der Waals surface area contributed by atoms with Crippen LogP contribution < -0.4 is 0 Å². The zero-order valence-corrected chi connectivity index (χ0v) is 9.21. The highest BCUT2D eigenvalue weighted by Crippen LogP contribution is 2.37. The van der Waals surface area contributed by atoms with Gasteiger partial charge in [-0.15, -0.1) is 0 Å². The summed E-state index contributed by atoms with van der Waals surface area (Å²) in [6.45, 7) is 0.0611. The molecule has 0 saturated carbocycles. The highest BCUT2D eigenvalue weighted by molar-refractivity contribution is 6.23. The van der Waals surface area contributed by atoms with Crippen LogP contribution in [0.1, 0.15) is 15.9 Å². The Morgan fingerprint density at radius 3 is 2.61 bits per heavy atom. The van der Waals surface area contributed by atoms with E-state index in [0.717, 1.165) is 0 Å². The first-order valence-electron chi connectivity index (χ1n) is 5.29. The topological polar surface area (TPSA) is 80.2 Å². The molecule has 0 radical (unpaired) electrons. The van der Waals surface area contributed by atoms with Crippen molar-refractivity contribution in [1.82, 2.24) is 4.90 Å². The number of nitrogens with zero attached hydrogens (tertiary/aromatic N) is 4. The molecule has 0 unspecified atom stereocenters. The van der Waals surface area contributed by atoms with Gasteiger partial charge in [0.15, 0.2) is 6.19 Å². The first kappa shape index (κ1) is 10.2. The molecule has 1 aromatic carbocycles. The highest BCUT2D eigenvalue weighted by Gasteiger charge is 2.36. The van der Waals surface area contributed by atoms with Gasteiger partial charge in [0.05, 0.1) is 6.54 Å². The molecule has 1 aromatic rings. The molecule has 3 rings (SSSR count). The molecule has 0 atom stereocenters. The van der Waals surface area contributed by atoms with Crippen molar-refractivity contribution >= 4 is 17.2 Å². The summed E-state index contributed by atoms with van der Waals surface area (Å²) in [5, 5.41) is 18.0. The van der Waals surface area contributed by atoms with Gasteiger partial charge in [0.25, 0.3) is 0 Å². The van der Waals surface area contributed by atoms with Crippen molar-refractivity contribution in [2.75, 3.05) is 6.54 Å². The fraction of sp³-hybridized carbons (Fsp3) is 0.0769. The largest absolute Gasteiger partial charge is 0.287 e. The number of benzene rings is 1. The number of carbonyl (C=O) groups is 1. The molecular formula is C13H6N4O. The van der Waals surface area contributed by atoms with E-state index in [0.29, 0.717) is 16.8 Å². The predicted octanol–water partition coefficient (Wildman–Crippen LogP) is 1.31. The summed E-state index contributed by atoms with van der Waals surface area (Å²) < 4.78 is 0. The lowest BCUT2D eigenvalue weighted by molar-refractivity contribution is 0.101. The molecule has 0 aromatic heterocycles. The number of rotatable bonds is 0. The van der Waals surface area contributed by atoms with Crippen LogP contribution in [0.25, 0.3) is 5.70 Å². The Bertz CT molecular complexity index is 715. The van der Waals surface area contributed by atoms with Gasteiger partial charge in [0.2, 0.25) is 5.78 Å². The van der Waals surface area contributed by atoms with Gasteiger partial charge in [-0.2, -0.15) is 10.5 Å². The van der Waals surface area contributed by atoms with Crippen molar-refractivity contribution < 1.29 is 4.79 Å². The second-order valence-electron chi connectivity index (χ2n) is 3.93. The first-order valence-corrected chi connectivity index (χ1v) is 5.29. The van der Waals surface area contributed by atoms with E-state index in [1.54, 1.807) is 24.3 Å². The lowest BCUT2D eigenvalue weighted by atomic mass is 10.1. The third kappa shape index (κ3) is 1.19. The number of ketones is 1. The number of fused-ring (bicyclic) bond motifs is 2. The molecule has 0 saturated heterocycles. The minimum atomic E-state index is -0.206. The fourth-order valence-corrected chi connectivity index (χ4v) is 2.16. The van der Waals surface area contributed by atoms with Crippen molar-refractivity contribution in [1.29, 1.82) is 10.5 Å². The molecule has 5 heteroatoms. The van der Waals surface area contributed by atoms with Crippen molar-refractivity contribution in [2.24, 2.45) is 4.99 Å². The third-order valence-electron chi connectivity index (χ3n) is 2.94. The Labute approximate surface area is 103 Å². The number of nitriles is 2. The van der Waals surface area contributed by atoms with E-state index >= 15 is 0 Å². The van der Waals surface area contributed by atoms with Gasteiger partial charge in [-0.05, 0) is 0 Å². The van der Waals surface area contributed by atoms with E-state index in [-0.39, 0.29) is 23.7 Å². The van der Waals surface area contributed by atoms with Crippen LogP contribution in [0.15, 0.2) is 35.0 Å². The van der Waals surface area contributed by atoms with Crippen LogP contribution in [0.5, 0.6) is 0 Å². The van der Waals surface area contributed by atoms with Gasteiger partial charge >= 0.3 is 0 Å². The molecule has 0 fully saturated rings. The summed E-state index contributed by atoms with van der Waals surface area (Å²) in [5.41, 5.74) is 2.16. The van der Waals surface area contributed by atoms with Crippen LogP contribution >= 0.6 is 0 Å². The van der Waals surface area contributed by atoms with Gasteiger partial charge in [0, 0.05) is 11.1 Å². The molecule has 0 spiro atoms. The Kier molecular flexibility index (Phi) is 2.02. The molecule has 5 nitrogen and oxygen atoms in total. The zero-order valence-electron chi connectivity index (χ0n) is 9.21. The molecule has 1 aliphatic carbocycles. The van der Waals surface area contributed by atoms with Gasteiger partial charge in [-0.3, -0.25) is 9.69 Å². The molecule has 0 N–H and O–H groups in total. The normalized spacial score (nSPS) is 16.7. The van der Waals surface area contributed by atoms with Crippen molar-refractivity contribution in [3.8, 4) is 12.3 Å². The maximum atomic E-state index is 12.2. The molecule has 0 bridgehead atoms. The Morgan fingerprint density at radius 1 is 1.22 bits per heavy atom. The third-order valence-corrected chi connectivity index (χ3v) is 2.94. The van der Waals surface area contributed by atoms with E-state index < -0.39 is 0 Å². The maximum absolute atomic E-state index is 12.2. The van der Waals surface area contributed by atoms with Crippen LogP contribution in [-0.4, -0.2) is 22.9 Å². The standard InChI is InChI=1S/C13H6N4O/c14-5-8-6-17(7-15)12-11(16-8)9-3-1-2-4-10(9)13(12)18/h1-4H,6H2. The highest BCUT2D eigenvalue weighted by atomic mass is 16.1. The second kappa shape index (κ2) is 3.54. The first-order chi connectivity index (χ1) is 8.76. The van der Waals surface area contributed by atoms with Crippen LogP contribution in [0.4, 0.5) is 0 Å². The van der Waals surface area contributed by atoms with E-state index in [9.17, 15) is 4.79 Å². The van der Waals surface area contributed by atoms with Crippen molar-refractivity contribution in [3.05, 3.63) is 41.1 Å². The Hall–Kier alpha value is -2.92. The van der Waals surface area contributed by atoms with E-state index in [2.05, 4.69) is 4.99 Å². The monoisotopic (exact) mass is 234 g/mol. The number of aliphatic imine (C=N–C) groups is 1. The Morgan fingerprint density at radius 2 is 1.94 bits per heavy atom. The number of Topliss-reactive ketones (excluding diaryl/α,β-unsaturated/α-hetero) is 1. The summed E-state index contributed by atoms with van der Waals surface area (Å²) >= 11 is 0. The number of hydrogen-bond donors (Lipinski definition) is 0. The van der Waals surface area contributed by atoms with Crippen LogP contribution in [0, 0.1) is 22.8 Å². The number of hydrogen-bond acceptors (Lipinski definition) is 5. The molecule has 2 aliphatic rings. The van der Waals surface area contributed by atoms with Gasteiger partial charge in [-0.1, -0.05) is 24.3 Å². The lowest BCUT2D eigenvalue weighted by Crippen LogP contribution is -2.30. The minimum absolute atomic E-state index is 0.0611. The molecule has 18 heavy (non-hydrogen) atoms. The second-order valence-corrected chi connectivity index (χ2v) is 3.93. The molecule has 1 aliphatic heterocycles. The van der Waals surface area contributed by atoms with E-state index in [1.165, 1.54) is 4.90 Å². The van der Waals surface area contributed by atoms with E-state index in [1.807, 2.05) is 12.3 Å². The molecule has 84 valence electrons. The zero-order chi connectivity index (χ0) is 12.7.